The molecular weight excluding hydrogens is 335 g/mol. The van der Waals surface area contributed by atoms with E-state index in [1.54, 1.807) is 0 Å². The SMILES string of the molecule is CCC1(C(=O)Nc2c(Cl)cc(F)cc2Br)CCCN1. The second kappa shape index (κ2) is 5.77. The van der Waals surface area contributed by atoms with Gasteiger partial charge in [0.05, 0.1) is 16.2 Å². The van der Waals surface area contributed by atoms with E-state index in [4.69, 9.17) is 11.6 Å². The van der Waals surface area contributed by atoms with Gasteiger partial charge in [-0.1, -0.05) is 18.5 Å². The van der Waals surface area contributed by atoms with Gasteiger partial charge in [-0.15, -0.1) is 0 Å². The molecule has 1 heterocycles. The summed E-state index contributed by atoms with van der Waals surface area (Å²) in [7, 11) is 0. The van der Waals surface area contributed by atoms with Gasteiger partial charge in [-0.25, -0.2) is 4.39 Å². The van der Waals surface area contributed by atoms with Crippen LogP contribution < -0.4 is 10.6 Å². The standard InChI is InChI=1S/C13H15BrClFN2O/c1-2-13(4-3-5-17-13)12(19)18-11-9(14)6-8(16)7-10(11)15/h6-7,17H,2-5H2,1H3,(H,18,19). The van der Waals surface area contributed by atoms with Crippen LogP contribution in [0.3, 0.4) is 0 Å². The smallest absolute Gasteiger partial charge is 0.244 e. The highest BCUT2D eigenvalue weighted by Gasteiger charge is 2.39. The largest absolute Gasteiger partial charge is 0.322 e. The Morgan fingerprint density at radius 2 is 2.37 bits per heavy atom. The van der Waals surface area contributed by atoms with E-state index in [1.807, 2.05) is 6.92 Å². The fourth-order valence-electron chi connectivity index (χ4n) is 2.36. The van der Waals surface area contributed by atoms with Crippen LogP contribution in [0, 0.1) is 5.82 Å². The number of hydrogen-bond donors (Lipinski definition) is 2. The first-order chi connectivity index (χ1) is 8.98. The number of carbonyl (C=O) groups is 1. The summed E-state index contributed by atoms with van der Waals surface area (Å²) >= 11 is 9.18. The van der Waals surface area contributed by atoms with Crippen LogP contribution in [0.25, 0.3) is 0 Å². The highest BCUT2D eigenvalue weighted by atomic mass is 79.9. The molecule has 3 nitrogen and oxygen atoms in total. The van der Waals surface area contributed by atoms with Crippen molar-refractivity contribution in [2.45, 2.75) is 31.7 Å². The summed E-state index contributed by atoms with van der Waals surface area (Å²) in [6.45, 7) is 2.80. The van der Waals surface area contributed by atoms with Crippen LogP contribution in [0.15, 0.2) is 16.6 Å². The van der Waals surface area contributed by atoms with Gasteiger partial charge in [0.25, 0.3) is 0 Å². The lowest BCUT2D eigenvalue weighted by Crippen LogP contribution is -2.50. The predicted octanol–water partition coefficient (Wildman–Crippen LogP) is 3.71. The molecule has 19 heavy (non-hydrogen) atoms. The number of amides is 1. The zero-order valence-electron chi connectivity index (χ0n) is 10.5. The van der Waals surface area contributed by atoms with Crippen LogP contribution in [0.1, 0.15) is 26.2 Å². The molecule has 2 rings (SSSR count). The van der Waals surface area contributed by atoms with E-state index in [9.17, 15) is 9.18 Å². The molecule has 104 valence electrons. The molecule has 1 aliphatic heterocycles. The number of nitrogens with one attached hydrogen (secondary N) is 2. The molecule has 2 N–H and O–H groups in total. The first kappa shape index (κ1) is 14.8. The van der Waals surface area contributed by atoms with Crippen molar-refractivity contribution in [2.24, 2.45) is 0 Å². The average Bonchev–Trinajstić information content (AvgIpc) is 2.83. The summed E-state index contributed by atoms with van der Waals surface area (Å²) < 4.78 is 13.6. The zero-order chi connectivity index (χ0) is 14.0. The fourth-order valence-corrected chi connectivity index (χ4v) is 3.26. The normalized spacial score (nSPS) is 22.5. The predicted molar refractivity (Wildman–Crippen MR) is 78.0 cm³/mol. The van der Waals surface area contributed by atoms with Crippen molar-refractivity contribution in [2.75, 3.05) is 11.9 Å². The Morgan fingerprint density at radius 3 is 2.89 bits per heavy atom. The monoisotopic (exact) mass is 348 g/mol. The van der Waals surface area contributed by atoms with E-state index in [0.717, 1.165) is 19.4 Å². The Kier molecular flexibility index (Phi) is 4.48. The summed E-state index contributed by atoms with van der Waals surface area (Å²) in [5.41, 5.74) is -0.133. The maximum absolute atomic E-state index is 13.1. The van der Waals surface area contributed by atoms with Gasteiger partial charge in [0.2, 0.25) is 5.91 Å². The van der Waals surface area contributed by atoms with Gasteiger partial charge < -0.3 is 10.6 Å². The quantitative estimate of drug-likeness (QED) is 0.873. The summed E-state index contributed by atoms with van der Waals surface area (Å²) in [5, 5.41) is 6.22. The lowest BCUT2D eigenvalue weighted by atomic mass is 9.93. The average molecular weight is 350 g/mol. The van der Waals surface area contributed by atoms with E-state index in [2.05, 4.69) is 26.6 Å². The lowest BCUT2D eigenvalue weighted by molar-refractivity contribution is -0.122. The molecule has 1 aromatic carbocycles. The molecule has 1 saturated heterocycles. The first-order valence-electron chi connectivity index (χ1n) is 6.19. The number of hydrogen-bond acceptors (Lipinski definition) is 2. The minimum Gasteiger partial charge on any atom is -0.322 e. The van der Waals surface area contributed by atoms with E-state index < -0.39 is 11.4 Å². The second-order valence-electron chi connectivity index (χ2n) is 4.66. The van der Waals surface area contributed by atoms with Gasteiger partial charge in [-0.2, -0.15) is 0 Å². The molecule has 1 aliphatic rings. The van der Waals surface area contributed by atoms with Crippen LogP contribution in [0.4, 0.5) is 10.1 Å². The third-order valence-electron chi connectivity index (χ3n) is 3.53. The molecule has 0 bridgehead atoms. The summed E-state index contributed by atoms with van der Waals surface area (Å²) in [4.78, 5) is 12.4. The third kappa shape index (κ3) is 2.93. The van der Waals surface area contributed by atoms with E-state index >= 15 is 0 Å². The molecule has 0 aromatic heterocycles. The molecule has 1 atom stereocenters. The number of rotatable bonds is 3. The Balaban J connectivity index is 2.24. The number of anilines is 1. The van der Waals surface area contributed by atoms with Crippen molar-refractivity contribution in [1.29, 1.82) is 0 Å². The molecule has 0 radical (unpaired) electrons. The molecule has 1 aromatic rings. The van der Waals surface area contributed by atoms with Crippen LogP contribution in [0.2, 0.25) is 5.02 Å². The topological polar surface area (TPSA) is 41.1 Å². The van der Waals surface area contributed by atoms with Gasteiger partial charge >= 0.3 is 0 Å². The molecule has 1 unspecified atom stereocenters. The Labute approximate surface area is 125 Å². The minimum absolute atomic E-state index is 0.123. The maximum Gasteiger partial charge on any atom is 0.244 e. The van der Waals surface area contributed by atoms with E-state index in [0.29, 0.717) is 16.6 Å². The van der Waals surface area contributed by atoms with Crippen molar-refractivity contribution in [3.8, 4) is 0 Å². The van der Waals surface area contributed by atoms with Crippen molar-refractivity contribution >= 4 is 39.1 Å². The van der Waals surface area contributed by atoms with E-state index in [-0.39, 0.29) is 10.9 Å². The zero-order valence-corrected chi connectivity index (χ0v) is 12.9. The van der Waals surface area contributed by atoms with Crippen molar-refractivity contribution in [1.82, 2.24) is 5.32 Å². The highest BCUT2D eigenvalue weighted by Crippen LogP contribution is 2.33. The third-order valence-corrected chi connectivity index (χ3v) is 4.45. The Morgan fingerprint density at radius 1 is 1.63 bits per heavy atom. The molecule has 6 heteroatoms. The van der Waals surface area contributed by atoms with Crippen molar-refractivity contribution in [3.63, 3.8) is 0 Å². The number of halogens is 3. The van der Waals surface area contributed by atoms with E-state index in [1.165, 1.54) is 12.1 Å². The van der Waals surface area contributed by atoms with Gasteiger partial charge in [0.1, 0.15) is 5.82 Å². The molecular formula is C13H15BrClFN2O. The van der Waals surface area contributed by atoms with Crippen LogP contribution >= 0.6 is 27.5 Å². The molecule has 1 amide bonds. The Bertz CT molecular complexity index is 480. The van der Waals surface area contributed by atoms with Gasteiger partial charge in [0.15, 0.2) is 0 Å². The molecule has 0 spiro atoms. The van der Waals surface area contributed by atoms with Gasteiger partial charge in [0, 0.05) is 4.47 Å². The van der Waals surface area contributed by atoms with Crippen LogP contribution in [0.5, 0.6) is 0 Å². The summed E-state index contributed by atoms with van der Waals surface area (Å²) in [5.74, 6) is -0.569. The maximum atomic E-state index is 13.1. The number of carbonyl (C=O) groups excluding carboxylic acids is 1. The lowest BCUT2D eigenvalue weighted by Gasteiger charge is -2.27. The minimum atomic E-state index is -0.544. The van der Waals surface area contributed by atoms with Gasteiger partial charge in [-0.3, -0.25) is 4.79 Å². The van der Waals surface area contributed by atoms with Crippen LogP contribution in [-0.2, 0) is 4.79 Å². The summed E-state index contributed by atoms with van der Waals surface area (Å²) in [6, 6.07) is 2.46. The van der Waals surface area contributed by atoms with Gasteiger partial charge in [-0.05, 0) is 53.9 Å². The Hall–Kier alpha value is -0.650. The highest BCUT2D eigenvalue weighted by molar-refractivity contribution is 9.10. The molecule has 1 fully saturated rings. The number of benzene rings is 1. The summed E-state index contributed by atoms with van der Waals surface area (Å²) in [6.07, 6.45) is 2.47. The fraction of sp³-hybridized carbons (Fsp3) is 0.462. The molecule has 0 aliphatic carbocycles. The van der Waals surface area contributed by atoms with Crippen LogP contribution in [-0.4, -0.2) is 18.0 Å². The second-order valence-corrected chi connectivity index (χ2v) is 5.93. The first-order valence-corrected chi connectivity index (χ1v) is 7.36. The van der Waals surface area contributed by atoms with Crippen molar-refractivity contribution in [3.05, 3.63) is 27.4 Å². The van der Waals surface area contributed by atoms with Crippen molar-refractivity contribution < 1.29 is 9.18 Å². The molecule has 0 saturated carbocycles.